The van der Waals surface area contributed by atoms with Gasteiger partial charge in [-0.3, -0.25) is 0 Å². The minimum absolute atomic E-state index is 0.277. The van der Waals surface area contributed by atoms with E-state index in [9.17, 15) is 8.42 Å². The number of hydrogen-bond acceptors (Lipinski definition) is 4. The van der Waals surface area contributed by atoms with Gasteiger partial charge < -0.3 is 9.84 Å². The van der Waals surface area contributed by atoms with Crippen molar-refractivity contribution in [2.75, 3.05) is 32.9 Å². The molecule has 0 aromatic heterocycles. The minimum Gasteiger partial charge on any atom is -0.396 e. The summed E-state index contributed by atoms with van der Waals surface area (Å²) in [4.78, 5) is 0.277. The minimum atomic E-state index is -3.38. The summed E-state index contributed by atoms with van der Waals surface area (Å²) in [5.74, 6) is 0.690. The van der Waals surface area contributed by atoms with Crippen LogP contribution in [-0.4, -0.2) is 50.7 Å². The van der Waals surface area contributed by atoms with Crippen molar-refractivity contribution in [1.29, 1.82) is 0 Å². The van der Waals surface area contributed by atoms with Gasteiger partial charge in [-0.2, -0.15) is 4.31 Å². The van der Waals surface area contributed by atoms with Crippen LogP contribution in [0.25, 0.3) is 0 Å². The lowest BCUT2D eigenvalue weighted by molar-refractivity contribution is 0.0730. The first-order chi connectivity index (χ1) is 11.0. The molecule has 1 heterocycles. The second kappa shape index (κ2) is 10.3. The molecule has 1 saturated carbocycles. The molecule has 1 aromatic rings. The topological polar surface area (TPSA) is 66.8 Å². The number of aliphatic hydroxyl groups excluding tert-OH is 1. The highest BCUT2D eigenvalue weighted by Crippen LogP contribution is 2.27. The Balaban J connectivity index is 0.000000317. The molecule has 5 nitrogen and oxygen atoms in total. The van der Waals surface area contributed by atoms with Crippen molar-refractivity contribution < 1.29 is 18.3 Å². The van der Waals surface area contributed by atoms with Crippen LogP contribution in [0.5, 0.6) is 0 Å². The van der Waals surface area contributed by atoms with Gasteiger partial charge in [0.15, 0.2) is 0 Å². The molecule has 132 valence electrons. The van der Waals surface area contributed by atoms with Gasteiger partial charge in [0, 0.05) is 24.7 Å². The lowest BCUT2D eigenvalue weighted by Gasteiger charge is -2.25. The van der Waals surface area contributed by atoms with Crippen LogP contribution in [-0.2, 0) is 14.8 Å². The Morgan fingerprint density at radius 3 is 2.09 bits per heavy atom. The Morgan fingerprint density at radius 1 is 1.17 bits per heavy atom. The summed E-state index contributed by atoms with van der Waals surface area (Å²) in [7, 11) is -3.38. The zero-order chi connectivity index (χ0) is 17.3. The van der Waals surface area contributed by atoms with E-state index in [0.717, 1.165) is 0 Å². The van der Waals surface area contributed by atoms with Crippen molar-refractivity contribution in [2.45, 2.75) is 31.6 Å². The van der Waals surface area contributed by atoms with E-state index in [4.69, 9.17) is 21.4 Å². The Labute approximate surface area is 144 Å². The maximum absolute atomic E-state index is 12.1. The Morgan fingerprint density at radius 2 is 1.70 bits per heavy atom. The molecule has 7 heteroatoms. The third-order valence-corrected chi connectivity index (χ3v) is 5.54. The summed E-state index contributed by atoms with van der Waals surface area (Å²) in [5, 5.41) is 8.73. The van der Waals surface area contributed by atoms with Gasteiger partial charge in [0.05, 0.1) is 18.1 Å². The molecule has 1 aliphatic heterocycles. The first-order valence-electron chi connectivity index (χ1n) is 7.98. The van der Waals surface area contributed by atoms with Gasteiger partial charge in [0.25, 0.3) is 0 Å². The first kappa shape index (κ1) is 20.4. The molecule has 3 rings (SSSR count). The van der Waals surface area contributed by atoms with Crippen LogP contribution in [0.3, 0.4) is 0 Å². The lowest BCUT2D eigenvalue weighted by Crippen LogP contribution is -2.40. The van der Waals surface area contributed by atoms with Crippen LogP contribution in [0.4, 0.5) is 0 Å². The molecule has 2 aliphatic rings. The average molecular weight is 364 g/mol. The van der Waals surface area contributed by atoms with E-state index in [1.807, 2.05) is 13.8 Å². The SMILES string of the molecule is CC.O=S(=O)(c1ccc(Cl)cc1)N1CCOCC1.OCC1CC1. The molecule has 1 N–H and O–H groups in total. The van der Waals surface area contributed by atoms with E-state index in [-0.39, 0.29) is 4.90 Å². The Bertz CT molecular complexity index is 538. The standard InChI is InChI=1S/C10H12ClNO3S.C4H8O.C2H6/c11-9-1-3-10(4-2-9)16(13,14)12-5-7-15-8-6-12;5-3-4-1-2-4;1-2/h1-4H,5-8H2;4-5H,1-3H2;1-2H3. The Hall–Kier alpha value is -0.660. The summed E-state index contributed by atoms with van der Waals surface area (Å²) in [5.41, 5.74) is 0. The maximum Gasteiger partial charge on any atom is 0.243 e. The summed E-state index contributed by atoms with van der Waals surface area (Å²) in [6.45, 7) is 6.13. The third kappa shape index (κ3) is 6.77. The molecular weight excluding hydrogens is 338 g/mol. The molecule has 0 amide bonds. The van der Waals surface area contributed by atoms with Crippen molar-refractivity contribution >= 4 is 21.6 Å². The first-order valence-corrected chi connectivity index (χ1v) is 9.80. The summed E-state index contributed by atoms with van der Waals surface area (Å²) < 4.78 is 30.8. The van der Waals surface area contributed by atoms with E-state index in [1.165, 1.54) is 29.3 Å². The van der Waals surface area contributed by atoms with Crippen LogP contribution < -0.4 is 0 Å². The number of morpholine rings is 1. The molecule has 0 spiro atoms. The summed E-state index contributed by atoms with van der Waals surface area (Å²) in [6.07, 6.45) is 2.52. The third-order valence-electron chi connectivity index (χ3n) is 3.38. The van der Waals surface area contributed by atoms with Gasteiger partial charge in [-0.1, -0.05) is 25.4 Å². The van der Waals surface area contributed by atoms with E-state index >= 15 is 0 Å². The number of nitrogens with zero attached hydrogens (tertiary/aromatic N) is 1. The smallest absolute Gasteiger partial charge is 0.243 e. The fraction of sp³-hybridized carbons (Fsp3) is 0.625. The monoisotopic (exact) mass is 363 g/mol. The zero-order valence-corrected chi connectivity index (χ0v) is 15.3. The number of ether oxygens (including phenoxy) is 1. The quantitative estimate of drug-likeness (QED) is 0.896. The molecule has 0 atom stereocenters. The summed E-state index contributed by atoms with van der Waals surface area (Å²) >= 11 is 5.72. The second-order valence-electron chi connectivity index (χ2n) is 5.10. The van der Waals surface area contributed by atoms with Gasteiger partial charge in [-0.15, -0.1) is 0 Å². The van der Waals surface area contributed by atoms with Gasteiger partial charge in [-0.05, 0) is 43.0 Å². The largest absolute Gasteiger partial charge is 0.396 e. The van der Waals surface area contributed by atoms with Gasteiger partial charge >= 0.3 is 0 Å². The summed E-state index contributed by atoms with van der Waals surface area (Å²) in [6, 6.07) is 6.20. The van der Waals surface area contributed by atoms with Crippen molar-refractivity contribution in [3.63, 3.8) is 0 Å². The van der Waals surface area contributed by atoms with Crippen LogP contribution in [0, 0.1) is 5.92 Å². The highest BCUT2D eigenvalue weighted by molar-refractivity contribution is 7.89. The van der Waals surface area contributed by atoms with Crippen molar-refractivity contribution in [3.8, 4) is 0 Å². The van der Waals surface area contributed by atoms with E-state index < -0.39 is 10.0 Å². The number of benzene rings is 1. The number of halogens is 1. The predicted molar refractivity (Wildman–Crippen MR) is 92.2 cm³/mol. The molecule has 23 heavy (non-hydrogen) atoms. The number of hydrogen-bond donors (Lipinski definition) is 1. The van der Waals surface area contributed by atoms with E-state index in [0.29, 0.717) is 43.9 Å². The van der Waals surface area contributed by atoms with Crippen molar-refractivity contribution in [2.24, 2.45) is 5.92 Å². The average Bonchev–Trinajstić information content (AvgIpc) is 3.43. The fourth-order valence-corrected chi connectivity index (χ4v) is 3.38. The number of rotatable bonds is 3. The van der Waals surface area contributed by atoms with Crippen molar-refractivity contribution in [3.05, 3.63) is 29.3 Å². The second-order valence-corrected chi connectivity index (χ2v) is 7.47. The zero-order valence-electron chi connectivity index (χ0n) is 13.7. The molecule has 1 saturated heterocycles. The molecule has 0 bridgehead atoms. The van der Waals surface area contributed by atoms with E-state index in [1.54, 1.807) is 12.1 Å². The van der Waals surface area contributed by atoms with Crippen LogP contribution in [0.2, 0.25) is 5.02 Å². The number of sulfonamides is 1. The fourth-order valence-electron chi connectivity index (χ4n) is 1.84. The normalized spacial score (nSPS) is 18.3. The molecule has 1 aliphatic carbocycles. The molecular formula is C16H26ClNO4S. The van der Waals surface area contributed by atoms with Crippen LogP contribution in [0.15, 0.2) is 29.2 Å². The maximum atomic E-state index is 12.1. The molecule has 2 fully saturated rings. The molecule has 0 unspecified atom stereocenters. The highest BCUT2D eigenvalue weighted by Gasteiger charge is 2.25. The van der Waals surface area contributed by atoms with Gasteiger partial charge in [0.2, 0.25) is 10.0 Å². The van der Waals surface area contributed by atoms with Gasteiger partial charge in [-0.25, -0.2) is 8.42 Å². The molecule has 1 aromatic carbocycles. The number of aliphatic hydroxyl groups is 1. The highest BCUT2D eigenvalue weighted by atomic mass is 35.5. The van der Waals surface area contributed by atoms with E-state index in [2.05, 4.69) is 0 Å². The van der Waals surface area contributed by atoms with Crippen molar-refractivity contribution in [1.82, 2.24) is 4.31 Å². The molecule has 0 radical (unpaired) electrons. The van der Waals surface area contributed by atoms with Crippen LogP contribution >= 0.6 is 11.6 Å². The van der Waals surface area contributed by atoms with Gasteiger partial charge in [0.1, 0.15) is 0 Å². The lowest BCUT2D eigenvalue weighted by atomic mass is 10.4. The van der Waals surface area contributed by atoms with Crippen LogP contribution in [0.1, 0.15) is 26.7 Å². The Kier molecular flexibility index (Phi) is 9.09. The predicted octanol–water partition coefficient (Wildman–Crippen LogP) is 2.78.